The van der Waals surface area contributed by atoms with E-state index < -0.39 is 0 Å². The Balaban J connectivity index is 2.78. The number of halogens is 4. The lowest BCUT2D eigenvalue weighted by atomic mass is 9.78. The fourth-order valence-corrected chi connectivity index (χ4v) is 9.99. The van der Waals surface area contributed by atoms with Crippen LogP contribution in [0.2, 0.25) is 0 Å². The van der Waals surface area contributed by atoms with Crippen LogP contribution in [0.3, 0.4) is 0 Å². The number of hydrogen-bond donors (Lipinski definition) is 0. The SMILES string of the molecule is Cc1c(C)c(C)c(C2=CC(I)(I)CC(I)(I)C2C)c(C)c1C. The fourth-order valence-electron chi connectivity index (χ4n) is 3.32. The van der Waals surface area contributed by atoms with Gasteiger partial charge in [-0.05, 0) is 80.0 Å². The Bertz CT molecular complexity index is 625. The van der Waals surface area contributed by atoms with Crippen LogP contribution in [0.15, 0.2) is 6.08 Å². The van der Waals surface area contributed by atoms with E-state index in [-0.39, 0.29) is 2.86 Å². The first-order valence-corrected chi connectivity index (χ1v) is 11.8. The van der Waals surface area contributed by atoms with E-state index >= 15 is 0 Å². The van der Waals surface area contributed by atoms with Crippen molar-refractivity contribution in [3.8, 4) is 0 Å². The Kier molecular flexibility index (Phi) is 6.32. The molecule has 4 heteroatoms. The molecule has 0 fully saturated rings. The summed E-state index contributed by atoms with van der Waals surface area (Å²) in [6.45, 7) is 13.8. The molecule has 1 aliphatic carbocycles. The minimum atomic E-state index is 0.200. The summed E-state index contributed by atoms with van der Waals surface area (Å²) in [6.07, 6.45) is 3.73. The van der Waals surface area contributed by atoms with Crippen molar-refractivity contribution < 1.29 is 0 Å². The third kappa shape index (κ3) is 3.68. The molecule has 0 aromatic heterocycles. The van der Waals surface area contributed by atoms with Crippen LogP contribution < -0.4 is 0 Å². The summed E-state index contributed by atoms with van der Waals surface area (Å²) in [5.74, 6) is 0.560. The molecule has 0 nitrogen and oxygen atoms in total. The van der Waals surface area contributed by atoms with Crippen molar-refractivity contribution in [1.29, 1.82) is 0 Å². The van der Waals surface area contributed by atoms with Crippen molar-refractivity contribution >= 4 is 95.9 Å². The van der Waals surface area contributed by atoms with E-state index in [0.717, 1.165) is 0 Å². The molecule has 22 heavy (non-hydrogen) atoms. The highest BCUT2D eigenvalue weighted by Crippen LogP contribution is 2.57. The smallest absolute Gasteiger partial charge is 0.0665 e. The van der Waals surface area contributed by atoms with Crippen LogP contribution in [0.5, 0.6) is 0 Å². The van der Waals surface area contributed by atoms with Crippen molar-refractivity contribution in [3.05, 3.63) is 39.5 Å². The van der Waals surface area contributed by atoms with Gasteiger partial charge in [0.15, 0.2) is 0 Å². The summed E-state index contributed by atoms with van der Waals surface area (Å²) in [7, 11) is 0. The highest BCUT2D eigenvalue weighted by atomic mass is 127. The molecule has 1 aromatic carbocycles. The summed E-state index contributed by atoms with van der Waals surface area (Å²) >= 11 is 10.6. The zero-order valence-electron chi connectivity index (χ0n) is 13.9. The van der Waals surface area contributed by atoms with Gasteiger partial charge >= 0.3 is 0 Å². The minimum Gasteiger partial charge on any atom is -0.0665 e. The summed E-state index contributed by atoms with van der Waals surface area (Å²) < 4.78 is 0.471. The summed E-state index contributed by atoms with van der Waals surface area (Å²) in [4.78, 5) is 0. The molecular weight excluding hydrogens is 724 g/mol. The summed E-state index contributed by atoms with van der Waals surface area (Å²) in [5, 5.41) is 0. The van der Waals surface area contributed by atoms with Crippen LogP contribution in [-0.2, 0) is 0 Å². The third-order valence-corrected chi connectivity index (χ3v) is 9.24. The molecule has 1 aliphatic rings. The van der Waals surface area contributed by atoms with Gasteiger partial charge in [0.2, 0.25) is 0 Å². The lowest BCUT2D eigenvalue weighted by Gasteiger charge is -2.41. The topological polar surface area (TPSA) is 0 Å². The Hall–Kier alpha value is 1.88. The van der Waals surface area contributed by atoms with Crippen LogP contribution in [-0.4, -0.2) is 2.86 Å². The number of allylic oxidation sites excluding steroid dienone is 2. The van der Waals surface area contributed by atoms with Crippen LogP contribution in [0.25, 0.3) is 5.57 Å². The molecule has 0 heterocycles. The molecule has 122 valence electrons. The molecule has 0 N–H and O–H groups in total. The zero-order chi connectivity index (χ0) is 17.0. The quantitative estimate of drug-likeness (QED) is 0.204. The Morgan fingerprint density at radius 1 is 0.818 bits per heavy atom. The van der Waals surface area contributed by atoms with Crippen molar-refractivity contribution in [3.63, 3.8) is 0 Å². The van der Waals surface area contributed by atoms with Gasteiger partial charge in [-0.2, -0.15) is 0 Å². The van der Waals surface area contributed by atoms with Crippen molar-refractivity contribution in [2.75, 3.05) is 0 Å². The Morgan fingerprint density at radius 3 is 1.68 bits per heavy atom. The second-order valence-corrected chi connectivity index (χ2v) is 18.3. The second kappa shape index (κ2) is 6.89. The third-order valence-electron chi connectivity index (χ3n) is 5.23. The number of hydrogen-bond acceptors (Lipinski definition) is 0. The first-order valence-electron chi connectivity index (χ1n) is 7.45. The van der Waals surface area contributed by atoms with Crippen LogP contribution in [0, 0.1) is 40.5 Å². The van der Waals surface area contributed by atoms with E-state index in [1.807, 2.05) is 0 Å². The number of alkyl halides is 4. The number of benzene rings is 1. The molecule has 0 radical (unpaired) electrons. The maximum absolute atomic E-state index is 2.67. The molecule has 0 spiro atoms. The first-order chi connectivity index (χ1) is 9.89. The van der Waals surface area contributed by atoms with E-state index in [9.17, 15) is 0 Å². The highest BCUT2D eigenvalue weighted by Gasteiger charge is 2.44. The second-order valence-electron chi connectivity index (χ2n) is 6.52. The van der Waals surface area contributed by atoms with Gasteiger partial charge in [-0.15, -0.1) is 0 Å². The van der Waals surface area contributed by atoms with E-state index in [4.69, 9.17) is 0 Å². The van der Waals surface area contributed by atoms with E-state index in [2.05, 4.69) is 138 Å². The van der Waals surface area contributed by atoms with Gasteiger partial charge < -0.3 is 0 Å². The Morgan fingerprint density at radius 2 is 1.23 bits per heavy atom. The molecule has 0 bridgehead atoms. The van der Waals surface area contributed by atoms with E-state index in [1.54, 1.807) is 5.57 Å². The van der Waals surface area contributed by atoms with E-state index in [0.29, 0.717) is 5.92 Å². The number of rotatable bonds is 1. The minimum absolute atomic E-state index is 0.200. The molecule has 2 rings (SSSR count). The summed E-state index contributed by atoms with van der Waals surface area (Å²) in [6, 6.07) is 0. The summed E-state index contributed by atoms with van der Waals surface area (Å²) in [5.41, 5.74) is 10.3. The molecule has 1 aromatic rings. The molecule has 0 aliphatic heterocycles. The zero-order valence-corrected chi connectivity index (χ0v) is 22.5. The predicted molar refractivity (Wildman–Crippen MR) is 133 cm³/mol. The van der Waals surface area contributed by atoms with Gasteiger partial charge in [0.25, 0.3) is 0 Å². The lowest BCUT2D eigenvalue weighted by molar-refractivity contribution is 0.628. The maximum Gasteiger partial charge on any atom is 0.0939 e. The van der Waals surface area contributed by atoms with Crippen LogP contribution in [0.4, 0.5) is 0 Å². The van der Waals surface area contributed by atoms with Gasteiger partial charge in [0, 0.05) is 5.92 Å². The van der Waals surface area contributed by atoms with Gasteiger partial charge in [0.05, 0.1) is 2.86 Å². The Labute approximate surface area is 189 Å². The van der Waals surface area contributed by atoms with Crippen molar-refractivity contribution in [1.82, 2.24) is 0 Å². The molecule has 1 atom stereocenters. The molecule has 0 saturated heterocycles. The standard InChI is InChI=1S/C18H22I4/c1-9-10(2)12(4)16(13(5)11(9)3)15-7-17(19,20)8-18(21,22)14(15)6/h7,14H,8H2,1-6H3. The van der Waals surface area contributed by atoms with Crippen molar-refractivity contribution in [2.45, 2.75) is 50.8 Å². The van der Waals surface area contributed by atoms with Gasteiger partial charge in [0.1, 0.15) is 0 Å². The van der Waals surface area contributed by atoms with Crippen molar-refractivity contribution in [2.24, 2.45) is 5.92 Å². The molecule has 1 unspecified atom stereocenters. The molecular formula is C18H22I4. The average molecular weight is 746 g/mol. The first kappa shape index (κ1) is 20.2. The normalized spacial score (nSPS) is 23.4. The highest BCUT2D eigenvalue weighted by molar-refractivity contribution is 14.2. The fraction of sp³-hybridized carbons (Fsp3) is 0.556. The maximum atomic E-state index is 2.67. The predicted octanol–water partition coefficient (Wildman–Crippen LogP) is 7.78. The largest absolute Gasteiger partial charge is 0.0939 e. The van der Waals surface area contributed by atoms with Gasteiger partial charge in [-0.25, -0.2) is 0 Å². The van der Waals surface area contributed by atoms with Gasteiger partial charge in [-0.1, -0.05) is 103 Å². The van der Waals surface area contributed by atoms with Gasteiger partial charge in [-0.3, -0.25) is 0 Å². The van der Waals surface area contributed by atoms with E-state index in [1.165, 1.54) is 39.8 Å². The molecule has 0 saturated carbocycles. The lowest BCUT2D eigenvalue weighted by Crippen LogP contribution is -2.34. The average Bonchev–Trinajstić information content (AvgIpc) is 2.38. The monoisotopic (exact) mass is 746 g/mol. The molecule has 0 amide bonds. The van der Waals surface area contributed by atoms with Crippen LogP contribution in [0.1, 0.15) is 46.7 Å². The van der Waals surface area contributed by atoms with Crippen LogP contribution >= 0.6 is 90.4 Å².